The number of benzene rings is 2. The van der Waals surface area contributed by atoms with E-state index >= 15 is 0 Å². The van der Waals surface area contributed by atoms with Gasteiger partial charge in [0, 0.05) is 11.1 Å². The van der Waals surface area contributed by atoms with Crippen LogP contribution in [0.25, 0.3) is 0 Å². The molecule has 2 rings (SSSR count). The first kappa shape index (κ1) is 16.3. The van der Waals surface area contributed by atoms with E-state index in [4.69, 9.17) is 10.3 Å². The number of sulfonamides is 2. The third-order valence-corrected chi connectivity index (χ3v) is 4.67. The van der Waals surface area contributed by atoms with Gasteiger partial charge in [-0.2, -0.15) is 0 Å². The topological polar surface area (TPSA) is 137 Å². The third kappa shape index (κ3) is 3.57. The van der Waals surface area contributed by atoms with Gasteiger partial charge in [-0.15, -0.1) is 0 Å². The summed E-state index contributed by atoms with van der Waals surface area (Å²) in [6.45, 7) is 0. The third-order valence-electron chi connectivity index (χ3n) is 2.85. The molecule has 0 aliphatic carbocycles. The molecule has 0 bridgehead atoms. The quantitative estimate of drug-likeness (QED) is 0.766. The van der Waals surface area contributed by atoms with Gasteiger partial charge in [0.1, 0.15) is 0 Å². The Morgan fingerprint density at radius 2 is 1.09 bits per heavy atom. The average Bonchev–Trinajstić information content (AvgIpc) is 2.45. The normalized spacial score (nSPS) is 12.1. The molecule has 7 nitrogen and oxygen atoms in total. The Labute approximate surface area is 127 Å². The Bertz CT molecular complexity index is 872. The van der Waals surface area contributed by atoms with Crippen LogP contribution in [0.3, 0.4) is 0 Å². The number of ketones is 1. The molecule has 0 fully saturated rings. The highest BCUT2D eigenvalue weighted by Gasteiger charge is 2.16. The molecule has 0 aliphatic rings. The van der Waals surface area contributed by atoms with Crippen molar-refractivity contribution in [2.24, 2.45) is 10.3 Å². The zero-order valence-electron chi connectivity index (χ0n) is 11.1. The second kappa shape index (κ2) is 5.61. The Hall–Kier alpha value is -2.07. The molecular formula is C13H12N2O5S2. The zero-order valence-corrected chi connectivity index (χ0v) is 12.8. The van der Waals surface area contributed by atoms with Crippen LogP contribution in [0.15, 0.2) is 58.3 Å². The maximum atomic E-state index is 12.3. The Kier molecular flexibility index (Phi) is 4.16. The van der Waals surface area contributed by atoms with E-state index in [-0.39, 0.29) is 20.9 Å². The van der Waals surface area contributed by atoms with E-state index in [2.05, 4.69) is 0 Å². The molecule has 0 saturated heterocycles. The number of carbonyl (C=O) groups is 1. The first-order chi connectivity index (χ1) is 10.1. The number of rotatable bonds is 4. The second-order valence-electron chi connectivity index (χ2n) is 4.47. The fourth-order valence-corrected chi connectivity index (χ4v) is 2.91. The van der Waals surface area contributed by atoms with Gasteiger partial charge < -0.3 is 0 Å². The molecule has 2 aromatic carbocycles. The first-order valence-corrected chi connectivity index (χ1v) is 8.99. The van der Waals surface area contributed by atoms with Crippen LogP contribution in [0.2, 0.25) is 0 Å². The highest BCUT2D eigenvalue weighted by atomic mass is 32.2. The molecule has 0 radical (unpaired) electrons. The number of primary sulfonamides is 2. The van der Waals surface area contributed by atoms with Crippen LogP contribution in [0, 0.1) is 0 Å². The van der Waals surface area contributed by atoms with Crippen molar-refractivity contribution >= 4 is 25.8 Å². The smallest absolute Gasteiger partial charge is 0.238 e. The van der Waals surface area contributed by atoms with E-state index in [0.29, 0.717) is 0 Å². The van der Waals surface area contributed by atoms with Crippen LogP contribution in [0.5, 0.6) is 0 Å². The Morgan fingerprint density at radius 1 is 0.727 bits per heavy atom. The summed E-state index contributed by atoms with van der Waals surface area (Å²) in [6.07, 6.45) is 0. The number of hydrogen-bond donors (Lipinski definition) is 2. The van der Waals surface area contributed by atoms with Gasteiger partial charge in [0.15, 0.2) is 5.78 Å². The van der Waals surface area contributed by atoms with Crippen molar-refractivity contribution in [3.63, 3.8) is 0 Å². The Morgan fingerprint density at radius 3 is 1.41 bits per heavy atom. The van der Waals surface area contributed by atoms with Crippen molar-refractivity contribution in [3.8, 4) is 0 Å². The van der Waals surface area contributed by atoms with Crippen molar-refractivity contribution in [1.82, 2.24) is 0 Å². The lowest BCUT2D eigenvalue weighted by atomic mass is 10.0. The van der Waals surface area contributed by atoms with E-state index in [1.807, 2.05) is 0 Å². The molecule has 0 spiro atoms. The summed E-state index contributed by atoms with van der Waals surface area (Å²) in [5.41, 5.74) is 0.135. The highest BCUT2D eigenvalue weighted by Crippen LogP contribution is 2.16. The highest BCUT2D eigenvalue weighted by molar-refractivity contribution is 7.89. The minimum Gasteiger partial charge on any atom is -0.289 e. The average molecular weight is 340 g/mol. The lowest BCUT2D eigenvalue weighted by Crippen LogP contribution is -2.14. The molecule has 22 heavy (non-hydrogen) atoms. The molecule has 2 aromatic rings. The first-order valence-electron chi connectivity index (χ1n) is 5.89. The van der Waals surface area contributed by atoms with Gasteiger partial charge >= 0.3 is 0 Å². The number of nitrogens with two attached hydrogens (primary N) is 2. The molecule has 0 aliphatic heterocycles. The molecular weight excluding hydrogens is 328 g/mol. The monoisotopic (exact) mass is 340 g/mol. The molecule has 4 N–H and O–H groups in total. The van der Waals surface area contributed by atoms with Crippen LogP contribution >= 0.6 is 0 Å². The fraction of sp³-hybridized carbons (Fsp3) is 0. The van der Waals surface area contributed by atoms with E-state index < -0.39 is 25.8 Å². The van der Waals surface area contributed by atoms with Crippen molar-refractivity contribution in [2.45, 2.75) is 9.79 Å². The zero-order chi connectivity index (χ0) is 16.5. The summed E-state index contributed by atoms with van der Waals surface area (Å²) in [6, 6.07) is 10.3. The van der Waals surface area contributed by atoms with Gasteiger partial charge in [0.2, 0.25) is 20.0 Å². The van der Waals surface area contributed by atoms with Gasteiger partial charge in [0.05, 0.1) is 9.79 Å². The number of carbonyl (C=O) groups excluding carboxylic acids is 1. The second-order valence-corrected chi connectivity index (χ2v) is 7.60. The van der Waals surface area contributed by atoms with Crippen molar-refractivity contribution in [3.05, 3.63) is 59.7 Å². The fourth-order valence-electron chi connectivity index (χ4n) is 1.80. The maximum absolute atomic E-state index is 12.3. The Balaban J connectivity index is 2.50. The van der Waals surface area contributed by atoms with E-state index in [1.165, 1.54) is 36.4 Å². The summed E-state index contributed by atoms with van der Waals surface area (Å²) >= 11 is 0. The largest absolute Gasteiger partial charge is 0.289 e. The van der Waals surface area contributed by atoms with Crippen molar-refractivity contribution in [1.29, 1.82) is 0 Å². The summed E-state index contributed by atoms with van der Waals surface area (Å²) in [5, 5.41) is 10.0. The van der Waals surface area contributed by atoms with Crippen molar-refractivity contribution < 1.29 is 21.6 Å². The summed E-state index contributed by atoms with van der Waals surface area (Å²) in [5.74, 6) is -0.545. The lowest BCUT2D eigenvalue weighted by molar-refractivity contribution is 0.103. The molecule has 0 aromatic heterocycles. The lowest BCUT2D eigenvalue weighted by Gasteiger charge is -2.05. The molecule has 0 amide bonds. The predicted molar refractivity (Wildman–Crippen MR) is 79.1 cm³/mol. The van der Waals surface area contributed by atoms with E-state index in [0.717, 1.165) is 12.1 Å². The van der Waals surface area contributed by atoms with Crippen molar-refractivity contribution in [2.75, 3.05) is 0 Å². The molecule has 0 saturated carbocycles. The van der Waals surface area contributed by atoms with Crippen LogP contribution in [-0.4, -0.2) is 22.6 Å². The molecule has 0 atom stereocenters. The van der Waals surface area contributed by atoms with Gasteiger partial charge in [-0.1, -0.05) is 24.3 Å². The predicted octanol–water partition coefficient (Wildman–Crippen LogP) is 0.212. The summed E-state index contributed by atoms with van der Waals surface area (Å²) in [7, 11) is -7.88. The van der Waals surface area contributed by atoms with E-state index in [9.17, 15) is 21.6 Å². The van der Waals surface area contributed by atoms with Gasteiger partial charge in [-0.25, -0.2) is 27.1 Å². The summed E-state index contributed by atoms with van der Waals surface area (Å²) in [4.78, 5) is 11.9. The molecule has 116 valence electrons. The van der Waals surface area contributed by atoms with Crippen LogP contribution < -0.4 is 10.3 Å². The minimum atomic E-state index is -3.94. The number of hydrogen-bond acceptors (Lipinski definition) is 5. The standard InChI is InChI=1S/C13H12N2O5S2/c14-21(17,18)11-5-1-3-9(7-11)13(16)10-4-2-6-12(8-10)22(15,19)20/h1-8H,(H2,14,17,18)(H2,15,19,20). The van der Waals surface area contributed by atoms with Crippen LogP contribution in [0.4, 0.5) is 0 Å². The van der Waals surface area contributed by atoms with Gasteiger partial charge in [-0.05, 0) is 24.3 Å². The SMILES string of the molecule is NS(=O)(=O)c1cccc(C(=O)c2cccc(S(N)(=O)=O)c2)c1. The van der Waals surface area contributed by atoms with Gasteiger partial charge in [0.25, 0.3) is 0 Å². The van der Waals surface area contributed by atoms with Crippen LogP contribution in [-0.2, 0) is 20.0 Å². The molecule has 9 heteroatoms. The minimum absolute atomic E-state index is 0.0677. The van der Waals surface area contributed by atoms with Gasteiger partial charge in [-0.3, -0.25) is 4.79 Å². The summed E-state index contributed by atoms with van der Waals surface area (Å²) < 4.78 is 45.2. The molecule has 0 unspecified atom stereocenters. The molecule has 0 heterocycles. The maximum Gasteiger partial charge on any atom is 0.238 e. The van der Waals surface area contributed by atoms with Crippen LogP contribution in [0.1, 0.15) is 15.9 Å². The van der Waals surface area contributed by atoms with E-state index in [1.54, 1.807) is 0 Å².